The van der Waals surface area contributed by atoms with Crippen molar-refractivity contribution in [2.75, 3.05) is 11.9 Å². The Morgan fingerprint density at radius 1 is 1.07 bits per heavy atom. The van der Waals surface area contributed by atoms with Gasteiger partial charge in [0.1, 0.15) is 17.8 Å². The van der Waals surface area contributed by atoms with Crippen LogP contribution in [0.25, 0.3) is 10.9 Å². The molecule has 2 aromatic carbocycles. The van der Waals surface area contributed by atoms with Crippen molar-refractivity contribution in [1.82, 2.24) is 20.3 Å². The maximum absolute atomic E-state index is 12.4. The first-order chi connectivity index (χ1) is 13.7. The second-order valence-corrected chi connectivity index (χ2v) is 6.72. The first-order valence-electron chi connectivity index (χ1n) is 8.87. The maximum atomic E-state index is 12.4. The summed E-state index contributed by atoms with van der Waals surface area (Å²) in [5.74, 6) is 0.306. The molecule has 0 saturated carbocycles. The number of benzene rings is 2. The average Bonchev–Trinajstić information content (AvgIpc) is 3.13. The molecule has 3 N–H and O–H groups in total. The van der Waals surface area contributed by atoms with Crippen molar-refractivity contribution in [3.63, 3.8) is 0 Å². The minimum atomic E-state index is -0.235. The van der Waals surface area contributed by atoms with Crippen molar-refractivity contribution in [1.29, 1.82) is 0 Å². The van der Waals surface area contributed by atoms with Gasteiger partial charge in [-0.1, -0.05) is 29.8 Å². The Hall–Kier alpha value is -3.38. The standard InChI is InChI=1S/C21H18ClN5O/c22-15-5-7-16(8-6-15)27-20-11-19(25-13-26-20)21(28)23-10-9-14-12-24-18-4-2-1-3-17(14)18/h1-8,11-13,24H,9-10H2,(H,23,28)(H,25,26,27). The highest BCUT2D eigenvalue weighted by molar-refractivity contribution is 6.30. The molecule has 1 amide bonds. The molecular weight excluding hydrogens is 374 g/mol. The van der Waals surface area contributed by atoms with Gasteiger partial charge in [-0.2, -0.15) is 0 Å². The Morgan fingerprint density at radius 3 is 2.75 bits per heavy atom. The molecule has 140 valence electrons. The molecule has 0 saturated heterocycles. The molecule has 0 spiro atoms. The maximum Gasteiger partial charge on any atom is 0.270 e. The van der Waals surface area contributed by atoms with Crippen LogP contribution < -0.4 is 10.6 Å². The largest absolute Gasteiger partial charge is 0.361 e. The molecule has 0 fully saturated rings. The number of nitrogens with one attached hydrogen (secondary N) is 3. The minimum absolute atomic E-state index is 0.235. The molecule has 4 rings (SSSR count). The lowest BCUT2D eigenvalue weighted by atomic mass is 10.1. The smallest absolute Gasteiger partial charge is 0.270 e. The zero-order valence-electron chi connectivity index (χ0n) is 14.9. The number of rotatable bonds is 6. The summed E-state index contributed by atoms with van der Waals surface area (Å²) in [5.41, 5.74) is 3.40. The van der Waals surface area contributed by atoms with Gasteiger partial charge in [-0.25, -0.2) is 9.97 Å². The number of aromatic nitrogens is 3. The number of amides is 1. The van der Waals surface area contributed by atoms with Gasteiger partial charge in [0.15, 0.2) is 0 Å². The number of fused-ring (bicyclic) bond motifs is 1. The zero-order valence-corrected chi connectivity index (χ0v) is 15.7. The van der Waals surface area contributed by atoms with Crippen molar-refractivity contribution < 1.29 is 4.79 Å². The Balaban J connectivity index is 1.37. The highest BCUT2D eigenvalue weighted by atomic mass is 35.5. The summed E-state index contributed by atoms with van der Waals surface area (Å²) in [6.07, 6.45) is 4.08. The van der Waals surface area contributed by atoms with E-state index in [1.54, 1.807) is 18.2 Å². The molecule has 2 heterocycles. The predicted octanol–water partition coefficient (Wildman–Crippen LogP) is 4.33. The van der Waals surface area contributed by atoms with Crippen LogP contribution in [0.15, 0.2) is 67.1 Å². The summed E-state index contributed by atoms with van der Waals surface area (Å²) in [6.45, 7) is 0.518. The summed E-state index contributed by atoms with van der Waals surface area (Å²) in [6, 6.07) is 17.0. The van der Waals surface area contributed by atoms with Crippen LogP contribution in [0.2, 0.25) is 5.02 Å². The van der Waals surface area contributed by atoms with E-state index in [-0.39, 0.29) is 5.91 Å². The SMILES string of the molecule is O=C(NCCc1c[nH]c2ccccc12)c1cc(Nc2ccc(Cl)cc2)ncn1. The molecule has 0 aliphatic rings. The van der Waals surface area contributed by atoms with E-state index in [1.165, 1.54) is 17.3 Å². The lowest BCUT2D eigenvalue weighted by molar-refractivity contribution is 0.0949. The lowest BCUT2D eigenvalue weighted by Gasteiger charge is -2.08. The summed E-state index contributed by atoms with van der Waals surface area (Å²) in [4.78, 5) is 23.9. The van der Waals surface area contributed by atoms with Crippen LogP contribution in [0.4, 0.5) is 11.5 Å². The Labute approximate surface area is 167 Å². The monoisotopic (exact) mass is 391 g/mol. The third kappa shape index (κ3) is 4.13. The van der Waals surface area contributed by atoms with Crippen LogP contribution in [0.3, 0.4) is 0 Å². The molecular formula is C21H18ClN5O. The van der Waals surface area contributed by atoms with E-state index in [1.807, 2.05) is 36.5 Å². The molecule has 0 unspecified atom stereocenters. The lowest BCUT2D eigenvalue weighted by Crippen LogP contribution is -2.26. The topological polar surface area (TPSA) is 82.7 Å². The van der Waals surface area contributed by atoms with Gasteiger partial charge in [0, 0.05) is 40.4 Å². The van der Waals surface area contributed by atoms with E-state index < -0.39 is 0 Å². The third-order valence-electron chi connectivity index (χ3n) is 4.37. The van der Waals surface area contributed by atoms with Crippen molar-refractivity contribution >= 4 is 39.9 Å². The molecule has 7 heteroatoms. The van der Waals surface area contributed by atoms with Gasteiger partial charge in [0.2, 0.25) is 0 Å². The third-order valence-corrected chi connectivity index (χ3v) is 4.62. The van der Waals surface area contributed by atoms with Gasteiger partial charge >= 0.3 is 0 Å². The van der Waals surface area contributed by atoms with Crippen LogP contribution in [-0.4, -0.2) is 27.4 Å². The van der Waals surface area contributed by atoms with E-state index in [9.17, 15) is 4.79 Å². The van der Waals surface area contributed by atoms with Crippen LogP contribution in [0.5, 0.6) is 0 Å². The Bertz CT molecular complexity index is 1110. The van der Waals surface area contributed by atoms with Crippen LogP contribution in [-0.2, 0) is 6.42 Å². The van der Waals surface area contributed by atoms with Crippen molar-refractivity contribution in [2.45, 2.75) is 6.42 Å². The predicted molar refractivity (Wildman–Crippen MR) is 111 cm³/mol. The first kappa shape index (κ1) is 18.0. The number of aromatic amines is 1. The summed E-state index contributed by atoms with van der Waals surface area (Å²) in [7, 11) is 0. The normalized spacial score (nSPS) is 10.8. The molecule has 0 aliphatic carbocycles. The molecule has 28 heavy (non-hydrogen) atoms. The average molecular weight is 392 g/mol. The van der Waals surface area contributed by atoms with Crippen molar-refractivity contribution in [3.8, 4) is 0 Å². The number of nitrogens with zero attached hydrogens (tertiary/aromatic N) is 2. The van der Waals surface area contributed by atoms with Crippen LogP contribution >= 0.6 is 11.6 Å². The molecule has 2 aromatic heterocycles. The fraction of sp³-hybridized carbons (Fsp3) is 0.0952. The highest BCUT2D eigenvalue weighted by Crippen LogP contribution is 2.19. The first-order valence-corrected chi connectivity index (χ1v) is 9.25. The van der Waals surface area contributed by atoms with Gasteiger partial charge in [0.05, 0.1) is 0 Å². The highest BCUT2D eigenvalue weighted by Gasteiger charge is 2.09. The number of H-pyrrole nitrogens is 1. The summed E-state index contributed by atoms with van der Waals surface area (Å²) >= 11 is 5.89. The van der Waals surface area contributed by atoms with E-state index in [2.05, 4.69) is 31.7 Å². The number of para-hydroxylation sites is 1. The Kier molecular flexibility index (Phi) is 5.21. The number of hydrogen-bond donors (Lipinski definition) is 3. The van der Waals surface area contributed by atoms with Crippen molar-refractivity contribution in [3.05, 3.63) is 83.4 Å². The molecule has 0 radical (unpaired) electrons. The van der Waals surface area contributed by atoms with Gasteiger partial charge in [-0.3, -0.25) is 4.79 Å². The number of hydrogen-bond acceptors (Lipinski definition) is 4. The number of carbonyl (C=O) groups is 1. The second kappa shape index (κ2) is 8.10. The second-order valence-electron chi connectivity index (χ2n) is 6.29. The van der Waals surface area contributed by atoms with E-state index in [0.717, 1.165) is 17.6 Å². The zero-order chi connectivity index (χ0) is 19.3. The van der Waals surface area contributed by atoms with Gasteiger partial charge in [-0.05, 0) is 42.3 Å². The summed E-state index contributed by atoms with van der Waals surface area (Å²) < 4.78 is 0. The molecule has 0 atom stereocenters. The quantitative estimate of drug-likeness (QED) is 0.457. The van der Waals surface area contributed by atoms with Gasteiger partial charge < -0.3 is 15.6 Å². The number of carbonyl (C=O) groups excluding carboxylic acids is 1. The molecule has 0 aliphatic heterocycles. The van der Waals surface area contributed by atoms with Crippen LogP contribution in [0, 0.1) is 0 Å². The van der Waals surface area contributed by atoms with Gasteiger partial charge in [0.25, 0.3) is 5.91 Å². The molecule has 0 bridgehead atoms. The number of anilines is 2. The van der Waals surface area contributed by atoms with E-state index in [0.29, 0.717) is 23.1 Å². The number of halogens is 1. The van der Waals surface area contributed by atoms with Crippen LogP contribution in [0.1, 0.15) is 16.1 Å². The van der Waals surface area contributed by atoms with E-state index >= 15 is 0 Å². The molecule has 4 aromatic rings. The summed E-state index contributed by atoms with van der Waals surface area (Å²) in [5, 5.41) is 7.87. The van der Waals surface area contributed by atoms with Gasteiger partial charge in [-0.15, -0.1) is 0 Å². The minimum Gasteiger partial charge on any atom is -0.361 e. The fourth-order valence-electron chi connectivity index (χ4n) is 2.97. The fourth-order valence-corrected chi connectivity index (χ4v) is 3.10. The van der Waals surface area contributed by atoms with Crippen molar-refractivity contribution in [2.24, 2.45) is 0 Å². The Morgan fingerprint density at radius 2 is 1.89 bits per heavy atom. The molecule has 6 nitrogen and oxygen atoms in total. The van der Waals surface area contributed by atoms with E-state index in [4.69, 9.17) is 11.6 Å².